The molecule has 0 saturated carbocycles. The molecule has 34 heavy (non-hydrogen) atoms. The van der Waals surface area contributed by atoms with Crippen molar-refractivity contribution in [2.75, 3.05) is 25.2 Å². The highest BCUT2D eigenvalue weighted by atomic mass is 16.6. The zero-order valence-corrected chi connectivity index (χ0v) is 18.8. The first-order chi connectivity index (χ1) is 16.5. The van der Waals surface area contributed by atoms with E-state index >= 15 is 0 Å². The molecule has 3 aromatic carbocycles. The van der Waals surface area contributed by atoms with Gasteiger partial charge in [-0.25, -0.2) is 0 Å². The van der Waals surface area contributed by atoms with Gasteiger partial charge in [0.1, 0.15) is 24.7 Å². The molecule has 7 heteroatoms. The number of amides is 1. The molecule has 1 amide bonds. The normalized spacial score (nSPS) is 18.8. The van der Waals surface area contributed by atoms with Gasteiger partial charge in [0, 0.05) is 11.3 Å². The molecule has 7 nitrogen and oxygen atoms in total. The number of hydrogen-bond donors (Lipinski definition) is 1. The molecule has 2 heterocycles. The number of nitrogens with zero attached hydrogens (tertiary/aromatic N) is 1. The first kappa shape index (κ1) is 21.6. The van der Waals surface area contributed by atoms with Gasteiger partial charge in [-0.1, -0.05) is 24.3 Å². The molecule has 3 aromatic rings. The Morgan fingerprint density at radius 2 is 1.74 bits per heavy atom. The summed E-state index contributed by atoms with van der Waals surface area (Å²) in [6, 6.07) is 18.6. The average Bonchev–Trinajstić information content (AvgIpc) is 3.13. The van der Waals surface area contributed by atoms with E-state index in [0.29, 0.717) is 47.3 Å². The van der Waals surface area contributed by atoms with E-state index in [0.717, 1.165) is 5.56 Å². The third-order valence-electron chi connectivity index (χ3n) is 5.95. The van der Waals surface area contributed by atoms with Crippen LogP contribution in [0.15, 0.2) is 72.3 Å². The number of aryl methyl sites for hydroxylation is 1. The van der Waals surface area contributed by atoms with Gasteiger partial charge in [0.25, 0.3) is 11.7 Å². The van der Waals surface area contributed by atoms with Crippen molar-refractivity contribution < 1.29 is 28.9 Å². The molecule has 1 saturated heterocycles. The fourth-order valence-corrected chi connectivity index (χ4v) is 4.35. The number of anilines is 1. The highest BCUT2D eigenvalue weighted by molar-refractivity contribution is 6.51. The SMILES string of the molecule is COc1cccc(C2/C(=C(/O)c3ccc4c(c3)OCCO4)C(=O)C(=O)N2c2cccc(C)c2)c1. The topological polar surface area (TPSA) is 85.3 Å². The molecule has 172 valence electrons. The summed E-state index contributed by atoms with van der Waals surface area (Å²) in [5.74, 6) is -0.141. The summed E-state index contributed by atoms with van der Waals surface area (Å²) < 4.78 is 16.6. The van der Waals surface area contributed by atoms with Crippen molar-refractivity contribution in [3.63, 3.8) is 0 Å². The predicted octanol–water partition coefficient (Wildman–Crippen LogP) is 4.40. The number of ether oxygens (including phenoxy) is 3. The molecule has 0 aliphatic carbocycles. The molecule has 1 fully saturated rings. The second kappa shape index (κ2) is 8.59. The Kier molecular flexibility index (Phi) is 5.45. The molecular weight excluding hydrogens is 434 g/mol. The van der Waals surface area contributed by atoms with Crippen LogP contribution in [0.5, 0.6) is 17.2 Å². The minimum atomic E-state index is -0.842. The summed E-state index contributed by atoms with van der Waals surface area (Å²) in [5.41, 5.74) is 2.50. The predicted molar refractivity (Wildman–Crippen MR) is 126 cm³/mol. The van der Waals surface area contributed by atoms with Crippen molar-refractivity contribution in [2.45, 2.75) is 13.0 Å². The number of rotatable bonds is 4. The highest BCUT2D eigenvalue weighted by Crippen LogP contribution is 2.44. The molecule has 5 rings (SSSR count). The minimum absolute atomic E-state index is 0.00330. The summed E-state index contributed by atoms with van der Waals surface area (Å²) in [4.78, 5) is 28.0. The Hall–Kier alpha value is -4.26. The van der Waals surface area contributed by atoms with Gasteiger partial charge in [-0.3, -0.25) is 14.5 Å². The quantitative estimate of drug-likeness (QED) is 0.355. The number of aliphatic hydroxyl groups excluding tert-OH is 1. The van der Waals surface area contributed by atoms with Gasteiger partial charge in [0.15, 0.2) is 11.5 Å². The van der Waals surface area contributed by atoms with E-state index in [1.54, 1.807) is 55.6 Å². The third kappa shape index (κ3) is 3.65. The second-order valence-electron chi connectivity index (χ2n) is 8.14. The number of benzene rings is 3. The smallest absolute Gasteiger partial charge is 0.300 e. The molecule has 0 radical (unpaired) electrons. The molecule has 0 spiro atoms. The summed E-state index contributed by atoms with van der Waals surface area (Å²) >= 11 is 0. The molecule has 2 aliphatic heterocycles. The molecule has 1 N–H and O–H groups in total. The molecule has 1 unspecified atom stereocenters. The molecular formula is C27H23NO6. The van der Waals surface area contributed by atoms with E-state index in [1.807, 2.05) is 25.1 Å². The Morgan fingerprint density at radius 3 is 2.50 bits per heavy atom. The second-order valence-corrected chi connectivity index (χ2v) is 8.14. The number of carbonyl (C=O) groups excluding carboxylic acids is 2. The van der Waals surface area contributed by atoms with Crippen LogP contribution in [0, 0.1) is 6.92 Å². The van der Waals surface area contributed by atoms with Crippen LogP contribution < -0.4 is 19.1 Å². The number of ketones is 1. The average molecular weight is 457 g/mol. The number of Topliss-reactive ketones (excluding diaryl/α,β-unsaturated/α-hetero) is 1. The van der Waals surface area contributed by atoms with Crippen LogP contribution in [0.3, 0.4) is 0 Å². The number of aliphatic hydroxyl groups is 1. The third-order valence-corrected chi connectivity index (χ3v) is 5.95. The zero-order chi connectivity index (χ0) is 23.8. The summed E-state index contributed by atoms with van der Waals surface area (Å²) in [7, 11) is 1.55. The maximum atomic E-state index is 13.3. The first-order valence-electron chi connectivity index (χ1n) is 10.9. The molecule has 2 aliphatic rings. The maximum Gasteiger partial charge on any atom is 0.300 e. The monoisotopic (exact) mass is 457 g/mol. The summed E-state index contributed by atoms with van der Waals surface area (Å²) in [6.45, 7) is 2.74. The zero-order valence-electron chi connectivity index (χ0n) is 18.8. The van der Waals surface area contributed by atoms with Gasteiger partial charge in [0.2, 0.25) is 0 Å². The number of methoxy groups -OCH3 is 1. The van der Waals surface area contributed by atoms with Gasteiger partial charge < -0.3 is 19.3 Å². The van der Waals surface area contributed by atoms with Gasteiger partial charge in [-0.2, -0.15) is 0 Å². The van der Waals surface area contributed by atoms with Crippen molar-refractivity contribution >= 4 is 23.1 Å². The fraction of sp³-hybridized carbons (Fsp3) is 0.185. The molecule has 0 bridgehead atoms. The Labute approximate surface area is 196 Å². The van der Waals surface area contributed by atoms with Crippen LogP contribution >= 0.6 is 0 Å². The van der Waals surface area contributed by atoms with Crippen molar-refractivity contribution in [1.29, 1.82) is 0 Å². The maximum absolute atomic E-state index is 13.3. The van der Waals surface area contributed by atoms with Gasteiger partial charge in [-0.15, -0.1) is 0 Å². The Bertz CT molecular complexity index is 1330. The summed E-state index contributed by atoms with van der Waals surface area (Å²) in [6.07, 6.45) is 0. The molecule has 0 aromatic heterocycles. The van der Waals surface area contributed by atoms with Gasteiger partial charge in [0.05, 0.1) is 18.7 Å². The van der Waals surface area contributed by atoms with E-state index in [1.165, 1.54) is 4.90 Å². The number of hydrogen-bond acceptors (Lipinski definition) is 6. The van der Waals surface area contributed by atoms with Gasteiger partial charge >= 0.3 is 0 Å². The standard InChI is InChI=1S/C27H23NO6/c1-16-5-3-7-19(13-16)28-24(17-6-4-8-20(14-17)32-2)23(26(30)27(28)31)25(29)18-9-10-21-22(15-18)34-12-11-33-21/h3-10,13-15,24,29H,11-12H2,1-2H3/b25-23-. The first-order valence-corrected chi connectivity index (χ1v) is 10.9. The highest BCUT2D eigenvalue weighted by Gasteiger charge is 2.47. The van der Waals surface area contributed by atoms with Crippen molar-refractivity contribution in [3.8, 4) is 17.2 Å². The Morgan fingerprint density at radius 1 is 0.971 bits per heavy atom. The van der Waals surface area contributed by atoms with E-state index in [2.05, 4.69) is 0 Å². The lowest BCUT2D eigenvalue weighted by molar-refractivity contribution is -0.132. The number of carbonyl (C=O) groups is 2. The van der Waals surface area contributed by atoms with Crippen LogP contribution in [-0.2, 0) is 9.59 Å². The van der Waals surface area contributed by atoms with Crippen LogP contribution in [0.2, 0.25) is 0 Å². The molecule has 1 atom stereocenters. The van der Waals surface area contributed by atoms with Crippen molar-refractivity contribution in [2.24, 2.45) is 0 Å². The lowest BCUT2D eigenvalue weighted by Gasteiger charge is -2.26. The van der Waals surface area contributed by atoms with Crippen molar-refractivity contribution in [3.05, 3.63) is 89.0 Å². The number of fused-ring (bicyclic) bond motifs is 1. The van der Waals surface area contributed by atoms with Gasteiger partial charge in [-0.05, 0) is 60.5 Å². The fourth-order valence-electron chi connectivity index (χ4n) is 4.35. The van der Waals surface area contributed by atoms with Crippen LogP contribution in [0.25, 0.3) is 5.76 Å². The van der Waals surface area contributed by atoms with E-state index < -0.39 is 17.7 Å². The minimum Gasteiger partial charge on any atom is -0.507 e. The van der Waals surface area contributed by atoms with E-state index in [-0.39, 0.29) is 11.3 Å². The largest absolute Gasteiger partial charge is 0.507 e. The lowest BCUT2D eigenvalue weighted by Crippen LogP contribution is -2.29. The van der Waals surface area contributed by atoms with E-state index in [4.69, 9.17) is 14.2 Å². The Balaban J connectivity index is 1.71. The van der Waals surface area contributed by atoms with Crippen LogP contribution in [0.1, 0.15) is 22.7 Å². The van der Waals surface area contributed by atoms with E-state index in [9.17, 15) is 14.7 Å². The van der Waals surface area contributed by atoms with Crippen LogP contribution in [0.4, 0.5) is 5.69 Å². The van der Waals surface area contributed by atoms with Crippen molar-refractivity contribution in [1.82, 2.24) is 0 Å². The lowest BCUT2D eigenvalue weighted by atomic mass is 9.94. The van der Waals surface area contributed by atoms with Crippen LogP contribution in [-0.4, -0.2) is 37.1 Å². The summed E-state index contributed by atoms with van der Waals surface area (Å²) in [5, 5.41) is 11.3.